The van der Waals surface area contributed by atoms with Crippen LogP contribution in [0.5, 0.6) is 5.75 Å². The molecule has 0 fully saturated rings. The highest BCUT2D eigenvalue weighted by molar-refractivity contribution is 5.32. The van der Waals surface area contributed by atoms with Crippen LogP contribution >= 0.6 is 0 Å². The summed E-state index contributed by atoms with van der Waals surface area (Å²) in [6, 6.07) is 6.30. The Hall–Kier alpha value is -1.09. The molecule has 0 aliphatic rings. The highest BCUT2D eigenvalue weighted by Crippen LogP contribution is 2.17. The van der Waals surface area contributed by atoms with Gasteiger partial charge in [-0.2, -0.15) is 0 Å². The molecule has 2 unspecified atom stereocenters. The Kier molecular flexibility index (Phi) is 3.25. The molecule has 2 nitrogen and oxygen atoms in total. The topological polar surface area (TPSA) is 46.2 Å². The predicted octanol–water partition coefficient (Wildman–Crippen LogP) is 1.62. The van der Waals surface area contributed by atoms with Crippen molar-refractivity contribution < 1.29 is 9.50 Å². The monoisotopic (exact) mass is 183 g/mol. The zero-order chi connectivity index (χ0) is 9.84. The van der Waals surface area contributed by atoms with Crippen LogP contribution in [0.1, 0.15) is 12.5 Å². The van der Waals surface area contributed by atoms with Gasteiger partial charge in [-0.1, -0.05) is 18.2 Å². The summed E-state index contributed by atoms with van der Waals surface area (Å²) in [5.74, 6) is 0.179. The quantitative estimate of drug-likeness (QED) is 0.748. The van der Waals surface area contributed by atoms with Crippen molar-refractivity contribution in [3.8, 4) is 5.75 Å². The van der Waals surface area contributed by atoms with Crippen LogP contribution in [-0.4, -0.2) is 17.3 Å². The average molecular weight is 183 g/mol. The minimum atomic E-state index is -1.06. The lowest BCUT2D eigenvalue weighted by Gasteiger charge is -2.13. The molecule has 0 radical (unpaired) electrons. The van der Waals surface area contributed by atoms with Gasteiger partial charge in [0.15, 0.2) is 0 Å². The molecule has 0 bridgehead atoms. The third kappa shape index (κ3) is 2.70. The second-order valence-corrected chi connectivity index (χ2v) is 3.17. The largest absolute Gasteiger partial charge is 0.508 e. The summed E-state index contributed by atoms with van der Waals surface area (Å²) in [6.45, 7) is 1.42. The van der Waals surface area contributed by atoms with E-state index in [4.69, 9.17) is 5.73 Å². The van der Waals surface area contributed by atoms with Crippen LogP contribution in [0.4, 0.5) is 4.39 Å². The lowest BCUT2D eigenvalue weighted by molar-refractivity contribution is 0.302. The molecule has 1 rings (SSSR count). The highest BCUT2D eigenvalue weighted by Gasteiger charge is 2.13. The SMILES string of the molecule is CC(F)C(N)Cc1ccccc1O. The first-order valence-corrected chi connectivity index (χ1v) is 4.27. The second kappa shape index (κ2) is 4.23. The minimum Gasteiger partial charge on any atom is -0.508 e. The van der Waals surface area contributed by atoms with Crippen LogP contribution in [0.3, 0.4) is 0 Å². The summed E-state index contributed by atoms with van der Waals surface area (Å²) in [5, 5.41) is 9.36. The Morgan fingerprint density at radius 1 is 1.46 bits per heavy atom. The average Bonchev–Trinajstić information content (AvgIpc) is 2.08. The minimum absolute atomic E-state index is 0.179. The maximum Gasteiger partial charge on any atom is 0.118 e. The number of aromatic hydroxyl groups is 1. The van der Waals surface area contributed by atoms with Crippen LogP contribution in [-0.2, 0) is 6.42 Å². The number of hydrogen-bond acceptors (Lipinski definition) is 2. The van der Waals surface area contributed by atoms with Crippen LogP contribution in [0.25, 0.3) is 0 Å². The van der Waals surface area contributed by atoms with Gasteiger partial charge in [0, 0.05) is 6.04 Å². The maximum atomic E-state index is 12.7. The first-order chi connectivity index (χ1) is 6.11. The maximum absolute atomic E-state index is 12.7. The molecule has 13 heavy (non-hydrogen) atoms. The number of hydrogen-bond donors (Lipinski definition) is 2. The van der Waals surface area contributed by atoms with E-state index >= 15 is 0 Å². The number of alkyl halides is 1. The molecule has 72 valence electrons. The van der Waals surface area contributed by atoms with Crippen LogP contribution < -0.4 is 5.73 Å². The summed E-state index contributed by atoms with van der Waals surface area (Å²) < 4.78 is 12.7. The Bertz CT molecular complexity index is 275. The lowest BCUT2D eigenvalue weighted by Crippen LogP contribution is -2.31. The Morgan fingerprint density at radius 2 is 2.08 bits per heavy atom. The zero-order valence-electron chi connectivity index (χ0n) is 7.57. The highest BCUT2D eigenvalue weighted by atomic mass is 19.1. The molecule has 0 saturated carbocycles. The van der Waals surface area contributed by atoms with E-state index in [-0.39, 0.29) is 5.75 Å². The molecule has 0 saturated heterocycles. The van der Waals surface area contributed by atoms with Gasteiger partial charge in [-0.05, 0) is 25.0 Å². The van der Waals surface area contributed by atoms with Gasteiger partial charge in [0.2, 0.25) is 0 Å². The van der Waals surface area contributed by atoms with Gasteiger partial charge in [0.25, 0.3) is 0 Å². The molecule has 0 aliphatic carbocycles. The van der Waals surface area contributed by atoms with Crippen LogP contribution in [0.15, 0.2) is 24.3 Å². The summed E-state index contributed by atoms with van der Waals surface area (Å²) in [6.07, 6.45) is -0.691. The summed E-state index contributed by atoms with van der Waals surface area (Å²) in [7, 11) is 0. The third-order valence-electron chi connectivity index (χ3n) is 2.04. The number of phenols is 1. The molecule has 1 aromatic rings. The van der Waals surface area contributed by atoms with Crippen LogP contribution in [0, 0.1) is 0 Å². The van der Waals surface area contributed by atoms with E-state index in [1.165, 1.54) is 6.92 Å². The number of rotatable bonds is 3. The number of halogens is 1. The number of para-hydroxylation sites is 1. The number of phenolic OH excluding ortho intramolecular Hbond substituents is 1. The fraction of sp³-hybridized carbons (Fsp3) is 0.400. The summed E-state index contributed by atoms with van der Waals surface area (Å²) >= 11 is 0. The first kappa shape index (κ1) is 9.99. The lowest BCUT2D eigenvalue weighted by atomic mass is 10.0. The van der Waals surface area contributed by atoms with Crippen molar-refractivity contribution in [1.29, 1.82) is 0 Å². The van der Waals surface area contributed by atoms with Gasteiger partial charge in [-0.15, -0.1) is 0 Å². The fourth-order valence-electron chi connectivity index (χ4n) is 1.10. The van der Waals surface area contributed by atoms with Crippen molar-refractivity contribution >= 4 is 0 Å². The molecule has 1 aromatic carbocycles. The molecule has 3 N–H and O–H groups in total. The predicted molar refractivity (Wildman–Crippen MR) is 50.4 cm³/mol. The van der Waals surface area contributed by atoms with Crippen molar-refractivity contribution in [3.63, 3.8) is 0 Å². The van der Waals surface area contributed by atoms with Crippen molar-refractivity contribution in [1.82, 2.24) is 0 Å². The molecule has 0 spiro atoms. The second-order valence-electron chi connectivity index (χ2n) is 3.17. The van der Waals surface area contributed by atoms with Gasteiger partial charge in [-0.3, -0.25) is 0 Å². The van der Waals surface area contributed by atoms with Crippen LogP contribution in [0.2, 0.25) is 0 Å². The van der Waals surface area contributed by atoms with Gasteiger partial charge < -0.3 is 10.8 Å². The van der Waals surface area contributed by atoms with Gasteiger partial charge in [0.1, 0.15) is 11.9 Å². The van der Waals surface area contributed by atoms with Gasteiger partial charge in [0.05, 0.1) is 0 Å². The molecule has 0 aromatic heterocycles. The summed E-state index contributed by atoms with van der Waals surface area (Å²) in [4.78, 5) is 0. The van der Waals surface area contributed by atoms with E-state index < -0.39 is 12.2 Å². The van der Waals surface area contributed by atoms with E-state index in [0.29, 0.717) is 12.0 Å². The van der Waals surface area contributed by atoms with Crippen molar-refractivity contribution in [3.05, 3.63) is 29.8 Å². The molecule has 2 atom stereocenters. The van der Waals surface area contributed by atoms with Gasteiger partial charge >= 0.3 is 0 Å². The van der Waals surface area contributed by atoms with E-state index in [2.05, 4.69) is 0 Å². The van der Waals surface area contributed by atoms with Crippen molar-refractivity contribution in [2.24, 2.45) is 5.73 Å². The first-order valence-electron chi connectivity index (χ1n) is 4.27. The van der Waals surface area contributed by atoms with E-state index in [1.54, 1.807) is 24.3 Å². The smallest absolute Gasteiger partial charge is 0.118 e. The number of nitrogens with two attached hydrogens (primary N) is 1. The van der Waals surface area contributed by atoms with Crippen molar-refractivity contribution in [2.45, 2.75) is 25.6 Å². The Labute approximate surface area is 77.2 Å². The molecule has 3 heteroatoms. The molecule has 0 amide bonds. The van der Waals surface area contributed by atoms with Crippen molar-refractivity contribution in [2.75, 3.05) is 0 Å². The summed E-state index contributed by atoms with van der Waals surface area (Å²) in [5.41, 5.74) is 6.23. The standard InChI is InChI=1S/C10H14FNO/c1-7(11)9(12)6-8-4-2-3-5-10(8)13/h2-5,7,9,13H,6,12H2,1H3. The molecule has 0 aliphatic heterocycles. The van der Waals surface area contributed by atoms with Gasteiger partial charge in [-0.25, -0.2) is 4.39 Å². The molecule has 0 heterocycles. The fourth-order valence-corrected chi connectivity index (χ4v) is 1.10. The Morgan fingerprint density at radius 3 is 2.62 bits per heavy atom. The third-order valence-corrected chi connectivity index (χ3v) is 2.04. The number of benzene rings is 1. The Balaban J connectivity index is 2.69. The molecular weight excluding hydrogens is 169 g/mol. The van der Waals surface area contributed by atoms with E-state index in [9.17, 15) is 9.50 Å². The van der Waals surface area contributed by atoms with E-state index in [1.807, 2.05) is 0 Å². The molecular formula is C10H14FNO. The zero-order valence-corrected chi connectivity index (χ0v) is 7.57. The van der Waals surface area contributed by atoms with E-state index in [0.717, 1.165) is 0 Å². The normalized spacial score (nSPS) is 15.3.